The fourth-order valence-electron chi connectivity index (χ4n) is 3.23. The van der Waals surface area contributed by atoms with Crippen LogP contribution in [0.1, 0.15) is 5.56 Å². The number of phenols is 1. The molecule has 1 fully saturated rings. The van der Waals surface area contributed by atoms with Gasteiger partial charge in [0.1, 0.15) is 5.75 Å². The first-order chi connectivity index (χ1) is 14.0. The lowest BCUT2D eigenvalue weighted by atomic mass is 10.2. The van der Waals surface area contributed by atoms with Crippen molar-refractivity contribution in [2.45, 2.75) is 0 Å². The summed E-state index contributed by atoms with van der Waals surface area (Å²) in [6.07, 6.45) is 1.66. The second kappa shape index (κ2) is 7.96. The van der Waals surface area contributed by atoms with Crippen LogP contribution in [0.15, 0.2) is 58.4 Å². The van der Waals surface area contributed by atoms with E-state index < -0.39 is 4.92 Å². The minimum absolute atomic E-state index is 0.0754. The molecule has 2 aromatic rings. The summed E-state index contributed by atoms with van der Waals surface area (Å²) in [5.74, 6) is -0.176. The third-order valence-corrected chi connectivity index (χ3v) is 5.85. The average molecular weight is 410 g/mol. The molecule has 2 aromatic carbocycles. The van der Waals surface area contributed by atoms with Crippen LogP contribution in [0.2, 0.25) is 0 Å². The molecular formula is C20H18N4O4S. The van der Waals surface area contributed by atoms with Crippen LogP contribution in [0.25, 0.3) is 6.08 Å². The molecule has 0 spiro atoms. The Hall–Kier alpha value is -3.33. The third-order valence-electron chi connectivity index (χ3n) is 4.81. The zero-order valence-corrected chi connectivity index (χ0v) is 16.2. The molecule has 0 aromatic heterocycles. The summed E-state index contributed by atoms with van der Waals surface area (Å²) in [5.41, 5.74) is 1.60. The van der Waals surface area contributed by atoms with Crippen LogP contribution in [0.5, 0.6) is 5.75 Å². The first kappa shape index (κ1) is 19.0. The number of carbonyl (C=O) groups is 1. The number of anilines is 1. The lowest BCUT2D eigenvalue weighted by Crippen LogP contribution is -2.47. The highest BCUT2D eigenvalue weighted by Gasteiger charge is 2.28. The number of piperazine rings is 1. The normalized spacial score (nSPS) is 18.3. The van der Waals surface area contributed by atoms with Crippen LogP contribution in [0.3, 0.4) is 0 Å². The molecule has 29 heavy (non-hydrogen) atoms. The maximum Gasteiger partial charge on any atom is 0.286 e. The highest BCUT2D eigenvalue weighted by atomic mass is 32.2. The van der Waals surface area contributed by atoms with Crippen LogP contribution >= 0.6 is 11.8 Å². The number of hydrogen-bond donors (Lipinski definition) is 1. The molecule has 0 saturated carbocycles. The molecule has 148 valence electrons. The van der Waals surface area contributed by atoms with E-state index in [1.165, 1.54) is 23.9 Å². The molecule has 2 aliphatic heterocycles. The summed E-state index contributed by atoms with van der Waals surface area (Å²) < 4.78 is 0. The van der Waals surface area contributed by atoms with E-state index in [1.807, 2.05) is 0 Å². The number of thioether (sulfide) groups is 1. The van der Waals surface area contributed by atoms with Gasteiger partial charge in [0.2, 0.25) is 0 Å². The van der Waals surface area contributed by atoms with E-state index in [4.69, 9.17) is 0 Å². The Morgan fingerprint density at radius 2 is 1.69 bits per heavy atom. The van der Waals surface area contributed by atoms with Crippen molar-refractivity contribution in [1.82, 2.24) is 4.90 Å². The molecule has 1 N–H and O–H groups in total. The van der Waals surface area contributed by atoms with E-state index in [0.717, 1.165) is 18.8 Å². The van der Waals surface area contributed by atoms with Gasteiger partial charge in [-0.2, -0.15) is 4.99 Å². The van der Waals surface area contributed by atoms with Gasteiger partial charge in [-0.25, -0.2) is 0 Å². The highest BCUT2D eigenvalue weighted by Crippen LogP contribution is 2.32. The summed E-state index contributed by atoms with van der Waals surface area (Å²) >= 11 is 1.31. The largest absolute Gasteiger partial charge is 0.507 e. The Morgan fingerprint density at radius 1 is 1.03 bits per heavy atom. The predicted molar refractivity (Wildman–Crippen MR) is 113 cm³/mol. The average Bonchev–Trinajstić information content (AvgIpc) is 3.10. The molecule has 0 radical (unpaired) electrons. The van der Waals surface area contributed by atoms with Crippen LogP contribution in [-0.4, -0.2) is 52.2 Å². The monoisotopic (exact) mass is 410 g/mol. The number of aliphatic imine (C=N–C) groups is 1. The van der Waals surface area contributed by atoms with E-state index in [1.54, 1.807) is 42.5 Å². The van der Waals surface area contributed by atoms with Gasteiger partial charge in [-0.1, -0.05) is 18.2 Å². The number of rotatable bonds is 3. The standard InChI is InChI=1S/C20H18N4O4S/c25-17-4-2-1-3-14(17)13-18-19(26)21-20(29-18)23-11-9-22(10-12-23)15-5-7-16(8-6-15)24(27)28/h1-8,13,25H,9-12H2/b18-13+. The Balaban J connectivity index is 1.39. The van der Waals surface area contributed by atoms with Crippen molar-refractivity contribution >= 4 is 40.3 Å². The van der Waals surface area contributed by atoms with Crippen molar-refractivity contribution in [3.63, 3.8) is 0 Å². The number of amides is 1. The highest BCUT2D eigenvalue weighted by molar-refractivity contribution is 8.18. The smallest absolute Gasteiger partial charge is 0.286 e. The van der Waals surface area contributed by atoms with Gasteiger partial charge in [-0.3, -0.25) is 14.9 Å². The Bertz CT molecular complexity index is 1010. The fourth-order valence-corrected chi connectivity index (χ4v) is 4.18. The number of nitro benzene ring substituents is 1. The molecule has 4 rings (SSSR count). The number of nitro groups is 1. The second-order valence-corrected chi connectivity index (χ2v) is 7.63. The van der Waals surface area contributed by atoms with Crippen molar-refractivity contribution < 1.29 is 14.8 Å². The minimum atomic E-state index is -0.408. The number of hydrogen-bond acceptors (Lipinski definition) is 7. The third kappa shape index (κ3) is 4.09. The summed E-state index contributed by atoms with van der Waals surface area (Å²) in [6.45, 7) is 2.84. The molecule has 1 amide bonds. The lowest BCUT2D eigenvalue weighted by molar-refractivity contribution is -0.384. The number of benzene rings is 2. The Kier molecular flexibility index (Phi) is 5.22. The van der Waals surface area contributed by atoms with Crippen molar-refractivity contribution in [2.24, 2.45) is 4.99 Å². The Labute approximate surface area is 171 Å². The zero-order chi connectivity index (χ0) is 20.4. The molecular weight excluding hydrogens is 392 g/mol. The van der Waals surface area contributed by atoms with E-state index in [-0.39, 0.29) is 17.3 Å². The number of non-ortho nitro benzene ring substituents is 1. The molecule has 2 heterocycles. The van der Waals surface area contributed by atoms with E-state index in [0.29, 0.717) is 28.7 Å². The zero-order valence-electron chi connectivity index (χ0n) is 15.4. The van der Waals surface area contributed by atoms with Crippen LogP contribution < -0.4 is 4.90 Å². The summed E-state index contributed by atoms with van der Waals surface area (Å²) in [4.78, 5) is 31.5. The van der Waals surface area contributed by atoms with Gasteiger partial charge >= 0.3 is 0 Å². The molecule has 9 heteroatoms. The molecule has 8 nitrogen and oxygen atoms in total. The number of aromatic hydroxyl groups is 1. The molecule has 1 saturated heterocycles. The summed E-state index contributed by atoms with van der Waals surface area (Å²) in [7, 11) is 0. The molecule has 0 aliphatic carbocycles. The first-order valence-electron chi connectivity index (χ1n) is 9.06. The van der Waals surface area contributed by atoms with Gasteiger partial charge in [0, 0.05) is 49.6 Å². The van der Waals surface area contributed by atoms with Gasteiger partial charge in [0.25, 0.3) is 11.6 Å². The van der Waals surface area contributed by atoms with E-state index >= 15 is 0 Å². The van der Waals surface area contributed by atoms with Crippen LogP contribution in [-0.2, 0) is 4.79 Å². The fraction of sp³-hybridized carbons (Fsp3) is 0.200. The SMILES string of the molecule is O=C1N=C(N2CCN(c3ccc([N+](=O)[O-])cc3)CC2)S/C1=C/c1ccccc1O. The van der Waals surface area contributed by atoms with Gasteiger partial charge in [-0.05, 0) is 36.0 Å². The summed E-state index contributed by atoms with van der Waals surface area (Å²) in [5, 5.41) is 21.4. The van der Waals surface area contributed by atoms with Gasteiger partial charge in [0.15, 0.2) is 5.17 Å². The molecule has 2 aliphatic rings. The van der Waals surface area contributed by atoms with Crippen LogP contribution in [0.4, 0.5) is 11.4 Å². The lowest BCUT2D eigenvalue weighted by Gasteiger charge is -2.36. The van der Waals surface area contributed by atoms with Gasteiger partial charge < -0.3 is 14.9 Å². The maximum absolute atomic E-state index is 12.3. The minimum Gasteiger partial charge on any atom is -0.507 e. The number of amidine groups is 1. The molecule has 0 unspecified atom stereocenters. The predicted octanol–water partition coefficient (Wildman–Crippen LogP) is 3.09. The van der Waals surface area contributed by atoms with E-state index in [9.17, 15) is 20.0 Å². The van der Waals surface area contributed by atoms with Crippen molar-refractivity contribution in [3.05, 3.63) is 69.1 Å². The Morgan fingerprint density at radius 3 is 2.34 bits per heavy atom. The number of para-hydroxylation sites is 1. The number of carbonyl (C=O) groups excluding carboxylic acids is 1. The van der Waals surface area contributed by atoms with Gasteiger partial charge in [-0.15, -0.1) is 0 Å². The van der Waals surface area contributed by atoms with Crippen molar-refractivity contribution in [3.8, 4) is 5.75 Å². The first-order valence-corrected chi connectivity index (χ1v) is 9.88. The topological polar surface area (TPSA) is 99.3 Å². The number of phenolic OH excluding ortho intramolecular Hbond substituents is 1. The van der Waals surface area contributed by atoms with Crippen molar-refractivity contribution in [1.29, 1.82) is 0 Å². The quantitative estimate of drug-likeness (QED) is 0.471. The van der Waals surface area contributed by atoms with Gasteiger partial charge in [0.05, 0.1) is 9.83 Å². The molecule has 0 bridgehead atoms. The van der Waals surface area contributed by atoms with E-state index in [2.05, 4.69) is 14.8 Å². The van der Waals surface area contributed by atoms with Crippen molar-refractivity contribution in [2.75, 3.05) is 31.1 Å². The maximum atomic E-state index is 12.3. The van der Waals surface area contributed by atoms with Crippen LogP contribution in [0, 0.1) is 10.1 Å². The number of nitrogens with zero attached hydrogens (tertiary/aromatic N) is 4. The molecule has 0 atom stereocenters. The second-order valence-electron chi connectivity index (χ2n) is 6.62. The summed E-state index contributed by atoms with van der Waals surface area (Å²) in [6, 6.07) is 13.4.